The summed E-state index contributed by atoms with van der Waals surface area (Å²) in [6, 6.07) is 5.96. The number of rotatable bonds is 2. The van der Waals surface area contributed by atoms with Crippen molar-refractivity contribution in [1.29, 1.82) is 0 Å². The topological polar surface area (TPSA) is 46.5 Å². The number of carbonyl (C=O) groups excluding carboxylic acids is 1. The molecule has 1 heterocycles. The van der Waals surface area contributed by atoms with Gasteiger partial charge in [0, 0.05) is 11.3 Å². The van der Waals surface area contributed by atoms with Crippen molar-refractivity contribution >= 4 is 5.97 Å². The Morgan fingerprint density at radius 2 is 2.19 bits per heavy atom. The molecule has 1 aromatic rings. The number of fused-ring (bicyclic) bond motifs is 7. The zero-order valence-electron chi connectivity index (χ0n) is 15.5. The van der Waals surface area contributed by atoms with Gasteiger partial charge in [-0.15, -0.1) is 6.58 Å². The third-order valence-electron chi connectivity index (χ3n) is 8.20. The van der Waals surface area contributed by atoms with Gasteiger partial charge in [-0.05, 0) is 79.5 Å². The van der Waals surface area contributed by atoms with E-state index >= 15 is 0 Å². The Balaban J connectivity index is 1.48. The second-order valence-electron chi connectivity index (χ2n) is 9.23. The van der Waals surface area contributed by atoms with Gasteiger partial charge in [-0.3, -0.25) is 4.79 Å². The predicted molar refractivity (Wildman–Crippen MR) is 99.8 cm³/mol. The lowest BCUT2D eigenvalue weighted by molar-refractivity contribution is -0.151. The third-order valence-corrected chi connectivity index (χ3v) is 8.20. The minimum atomic E-state index is 0.00571. The number of allylic oxidation sites excluding steroid dienone is 1. The quantitative estimate of drug-likeness (QED) is 0.625. The van der Waals surface area contributed by atoms with Crippen LogP contribution in [-0.4, -0.2) is 17.2 Å². The van der Waals surface area contributed by atoms with E-state index in [1.165, 1.54) is 24.0 Å². The number of benzene rings is 1. The molecule has 1 N–H and O–H groups in total. The molecule has 0 amide bonds. The summed E-state index contributed by atoms with van der Waals surface area (Å²) in [6.45, 7) is 6.23. The number of carbonyl (C=O) groups is 1. The number of aryl methyl sites for hydroxylation is 1. The summed E-state index contributed by atoms with van der Waals surface area (Å²) in [5, 5.41) is 9.83. The van der Waals surface area contributed by atoms with E-state index in [4.69, 9.17) is 4.74 Å². The van der Waals surface area contributed by atoms with Crippen LogP contribution >= 0.6 is 0 Å². The van der Waals surface area contributed by atoms with Crippen molar-refractivity contribution in [1.82, 2.24) is 0 Å². The molecule has 7 atom stereocenters. The number of phenolic OH excluding ortho intramolecular Hbond substituents is 1. The second kappa shape index (κ2) is 5.61. The van der Waals surface area contributed by atoms with Gasteiger partial charge >= 0.3 is 5.97 Å². The van der Waals surface area contributed by atoms with Crippen LogP contribution in [0, 0.1) is 29.1 Å². The molecule has 1 aromatic carbocycles. The molecule has 0 aromatic heterocycles. The Morgan fingerprint density at radius 3 is 3.00 bits per heavy atom. The fraction of sp³-hybridized carbons (Fsp3) is 0.609. The molecule has 1 saturated heterocycles. The van der Waals surface area contributed by atoms with E-state index in [9.17, 15) is 9.90 Å². The largest absolute Gasteiger partial charge is 0.508 e. The monoisotopic (exact) mass is 352 g/mol. The van der Waals surface area contributed by atoms with Crippen LogP contribution in [-0.2, 0) is 16.0 Å². The van der Waals surface area contributed by atoms with Crippen molar-refractivity contribution in [2.24, 2.45) is 29.1 Å². The first kappa shape index (κ1) is 16.4. The Kier molecular flexibility index (Phi) is 3.54. The third kappa shape index (κ3) is 2.09. The molecule has 138 valence electrons. The second-order valence-corrected chi connectivity index (χ2v) is 9.23. The van der Waals surface area contributed by atoms with E-state index in [2.05, 4.69) is 19.6 Å². The molecular weight excluding hydrogens is 324 g/mol. The van der Waals surface area contributed by atoms with Gasteiger partial charge in [0.05, 0.1) is 5.92 Å². The highest BCUT2D eigenvalue weighted by Crippen LogP contribution is 2.65. The highest BCUT2D eigenvalue weighted by molar-refractivity contribution is 5.76. The van der Waals surface area contributed by atoms with Crippen LogP contribution in [0.2, 0.25) is 0 Å². The number of hydrogen-bond donors (Lipinski definition) is 1. The minimum absolute atomic E-state index is 0.00571. The molecule has 3 nitrogen and oxygen atoms in total. The van der Waals surface area contributed by atoms with Crippen LogP contribution in [0.3, 0.4) is 0 Å². The lowest BCUT2D eigenvalue weighted by Gasteiger charge is -2.50. The fourth-order valence-corrected chi connectivity index (χ4v) is 7.05. The number of hydrogen-bond acceptors (Lipinski definition) is 3. The van der Waals surface area contributed by atoms with Gasteiger partial charge in [-0.2, -0.15) is 0 Å². The Labute approximate surface area is 155 Å². The van der Waals surface area contributed by atoms with E-state index in [0.29, 0.717) is 29.4 Å². The number of aromatic hydroxyl groups is 1. The molecule has 26 heavy (non-hydrogen) atoms. The first-order chi connectivity index (χ1) is 12.5. The SMILES string of the molecule is C=CC[C@@H]1C(=O)OC2[C@@H]1C[C@H]1[C@@H]3CCc4cc(O)ccc4[C@H]3CC[C@]21C. The first-order valence-corrected chi connectivity index (χ1v) is 10.2. The molecule has 0 bridgehead atoms. The van der Waals surface area contributed by atoms with Crippen molar-refractivity contribution in [2.75, 3.05) is 0 Å². The van der Waals surface area contributed by atoms with Crippen LogP contribution in [0.5, 0.6) is 5.75 Å². The molecule has 1 aliphatic heterocycles. The van der Waals surface area contributed by atoms with Crippen molar-refractivity contribution < 1.29 is 14.6 Å². The zero-order valence-corrected chi connectivity index (χ0v) is 15.5. The summed E-state index contributed by atoms with van der Waals surface area (Å²) in [7, 11) is 0. The van der Waals surface area contributed by atoms with Crippen LogP contribution in [0.15, 0.2) is 30.9 Å². The number of ether oxygens (including phenoxy) is 1. The van der Waals surface area contributed by atoms with Gasteiger partial charge in [0.2, 0.25) is 0 Å². The lowest BCUT2D eigenvalue weighted by atomic mass is 9.55. The highest BCUT2D eigenvalue weighted by Gasteiger charge is 2.64. The van der Waals surface area contributed by atoms with Crippen molar-refractivity contribution in [3.63, 3.8) is 0 Å². The molecule has 1 unspecified atom stereocenters. The van der Waals surface area contributed by atoms with Crippen molar-refractivity contribution in [3.8, 4) is 5.75 Å². The van der Waals surface area contributed by atoms with Crippen LogP contribution in [0.1, 0.15) is 56.1 Å². The number of phenols is 1. The smallest absolute Gasteiger partial charge is 0.309 e. The van der Waals surface area contributed by atoms with Crippen molar-refractivity contribution in [3.05, 3.63) is 42.0 Å². The average molecular weight is 352 g/mol. The average Bonchev–Trinajstić information content (AvgIpc) is 3.09. The summed E-state index contributed by atoms with van der Waals surface area (Å²) < 4.78 is 5.97. The van der Waals surface area contributed by atoms with Crippen LogP contribution in [0.4, 0.5) is 0 Å². The molecule has 0 spiro atoms. The van der Waals surface area contributed by atoms with Crippen LogP contribution in [0.25, 0.3) is 0 Å². The molecule has 3 heteroatoms. The standard InChI is InChI=1S/C23H28O3/c1-3-4-18-19-12-20-17-7-5-13-11-14(24)6-8-15(13)16(17)9-10-23(20,2)21(19)26-22(18)25/h3,6,8,11,16-21,24H,1,4-5,7,9-10,12H2,2H3/t16-,17-,18+,19-,20+,21?,23+/m1/s1. The molecule has 5 rings (SSSR count). The molecule has 0 radical (unpaired) electrons. The van der Waals surface area contributed by atoms with E-state index in [1.807, 2.05) is 18.2 Å². The van der Waals surface area contributed by atoms with Gasteiger partial charge in [0.1, 0.15) is 11.9 Å². The number of esters is 1. The minimum Gasteiger partial charge on any atom is -0.508 e. The van der Waals surface area contributed by atoms with Gasteiger partial charge < -0.3 is 9.84 Å². The summed E-state index contributed by atoms with van der Waals surface area (Å²) in [4.78, 5) is 12.4. The van der Waals surface area contributed by atoms with Gasteiger partial charge in [-0.1, -0.05) is 19.1 Å². The summed E-state index contributed by atoms with van der Waals surface area (Å²) in [5.41, 5.74) is 2.92. The predicted octanol–water partition coefficient (Wildman–Crippen LogP) is 4.59. The molecule has 2 saturated carbocycles. The van der Waals surface area contributed by atoms with Gasteiger partial charge in [-0.25, -0.2) is 0 Å². The highest BCUT2D eigenvalue weighted by atomic mass is 16.6. The van der Waals surface area contributed by atoms with Crippen LogP contribution < -0.4 is 0 Å². The Hall–Kier alpha value is -1.77. The summed E-state index contributed by atoms with van der Waals surface area (Å²) in [5.74, 6) is 2.70. The molecular formula is C23H28O3. The maximum atomic E-state index is 12.4. The maximum absolute atomic E-state index is 12.4. The van der Waals surface area contributed by atoms with E-state index in [-0.39, 0.29) is 23.4 Å². The fourth-order valence-electron chi connectivity index (χ4n) is 7.05. The van der Waals surface area contributed by atoms with Gasteiger partial charge in [0.15, 0.2) is 0 Å². The van der Waals surface area contributed by atoms with E-state index in [1.54, 1.807) is 0 Å². The van der Waals surface area contributed by atoms with E-state index < -0.39 is 0 Å². The lowest BCUT2D eigenvalue weighted by Crippen LogP contribution is -2.44. The summed E-state index contributed by atoms with van der Waals surface area (Å²) >= 11 is 0. The normalized spacial score (nSPS) is 43.0. The summed E-state index contributed by atoms with van der Waals surface area (Å²) in [6.07, 6.45) is 8.41. The molecule has 4 aliphatic rings. The molecule has 3 fully saturated rings. The van der Waals surface area contributed by atoms with Gasteiger partial charge in [0.25, 0.3) is 0 Å². The Bertz CT molecular complexity index is 769. The van der Waals surface area contributed by atoms with E-state index in [0.717, 1.165) is 25.7 Å². The maximum Gasteiger partial charge on any atom is 0.309 e. The molecule has 3 aliphatic carbocycles. The zero-order chi connectivity index (χ0) is 18.1. The first-order valence-electron chi connectivity index (χ1n) is 10.2. The van der Waals surface area contributed by atoms with Crippen molar-refractivity contribution in [2.45, 2.75) is 57.5 Å². The Morgan fingerprint density at radius 1 is 1.35 bits per heavy atom.